The average molecular weight is 535 g/mol. The fourth-order valence-electron chi connectivity index (χ4n) is 5.27. The Bertz CT molecular complexity index is 1610. The van der Waals surface area contributed by atoms with Crippen LogP contribution in [-0.4, -0.2) is 38.7 Å². The molecular formula is C32H30N4O2S. The predicted octanol–water partition coefficient (Wildman–Crippen LogP) is 6.22. The third kappa shape index (κ3) is 5.22. The van der Waals surface area contributed by atoms with Gasteiger partial charge in [0, 0.05) is 30.2 Å². The SMILES string of the molecule is Cc1nc2sccn2c1C(=O)NC[C@@H](C1CC1)N(Cc1ccccc1)C(=O)c1ccccc1-c1ccccc1. The smallest absolute Gasteiger partial charge is 0.270 e. The second kappa shape index (κ2) is 10.9. The lowest BCUT2D eigenvalue weighted by Gasteiger charge is -2.33. The van der Waals surface area contributed by atoms with Gasteiger partial charge in [0.15, 0.2) is 4.96 Å². The number of aryl methyl sites for hydroxylation is 1. The lowest BCUT2D eigenvalue weighted by molar-refractivity contribution is 0.0623. The van der Waals surface area contributed by atoms with E-state index in [9.17, 15) is 9.59 Å². The van der Waals surface area contributed by atoms with Gasteiger partial charge in [-0.1, -0.05) is 78.9 Å². The molecule has 1 aliphatic rings. The minimum Gasteiger partial charge on any atom is -0.349 e. The van der Waals surface area contributed by atoms with Crippen LogP contribution in [0.3, 0.4) is 0 Å². The first-order valence-corrected chi connectivity index (χ1v) is 14.2. The number of nitrogens with zero attached hydrogens (tertiary/aromatic N) is 3. The van der Waals surface area contributed by atoms with Crippen molar-refractivity contribution in [2.75, 3.05) is 6.54 Å². The zero-order chi connectivity index (χ0) is 26.8. The van der Waals surface area contributed by atoms with Crippen LogP contribution in [0, 0.1) is 12.8 Å². The summed E-state index contributed by atoms with van der Waals surface area (Å²) in [4.78, 5) is 35.1. The highest BCUT2D eigenvalue weighted by molar-refractivity contribution is 7.15. The Hall–Kier alpha value is -4.23. The molecule has 1 aliphatic carbocycles. The third-order valence-electron chi connectivity index (χ3n) is 7.39. The number of hydrogen-bond acceptors (Lipinski definition) is 4. The lowest BCUT2D eigenvalue weighted by atomic mass is 9.97. The Balaban J connectivity index is 1.32. The summed E-state index contributed by atoms with van der Waals surface area (Å²) < 4.78 is 1.84. The number of aromatic nitrogens is 2. The summed E-state index contributed by atoms with van der Waals surface area (Å²) in [5.41, 5.74) is 4.91. The maximum absolute atomic E-state index is 14.4. The number of hydrogen-bond donors (Lipinski definition) is 1. The Morgan fingerprint density at radius 3 is 2.44 bits per heavy atom. The lowest BCUT2D eigenvalue weighted by Crippen LogP contribution is -2.48. The Morgan fingerprint density at radius 1 is 1.00 bits per heavy atom. The molecule has 2 amide bonds. The first-order chi connectivity index (χ1) is 19.1. The topological polar surface area (TPSA) is 66.7 Å². The van der Waals surface area contributed by atoms with Crippen molar-refractivity contribution in [3.63, 3.8) is 0 Å². The van der Waals surface area contributed by atoms with Crippen molar-refractivity contribution in [2.24, 2.45) is 5.92 Å². The molecule has 3 aromatic carbocycles. The fraction of sp³-hybridized carbons (Fsp3) is 0.219. The monoisotopic (exact) mass is 534 g/mol. The molecule has 6 rings (SSSR count). The molecule has 0 radical (unpaired) electrons. The highest BCUT2D eigenvalue weighted by atomic mass is 32.1. The normalized spacial score (nSPS) is 13.8. The Kier molecular flexibility index (Phi) is 6.99. The number of amides is 2. The van der Waals surface area contributed by atoms with Gasteiger partial charge in [-0.25, -0.2) is 4.98 Å². The number of rotatable bonds is 9. The van der Waals surface area contributed by atoms with E-state index in [-0.39, 0.29) is 17.9 Å². The molecule has 0 bridgehead atoms. The van der Waals surface area contributed by atoms with E-state index in [0.717, 1.165) is 34.5 Å². The standard InChI is InChI=1S/C32H30N4O2S/c1-22-29(35-18-19-39-32(35)34-22)30(37)33-20-28(25-16-17-25)36(21-23-10-4-2-5-11-23)31(38)27-15-9-8-14-26(27)24-12-6-3-7-13-24/h2-15,18-19,25,28H,16-17,20-21H2,1H3,(H,33,37)/t28-/m0/s1. The molecule has 1 saturated carbocycles. The van der Waals surface area contributed by atoms with Crippen LogP contribution in [0.1, 0.15) is 44.9 Å². The Labute approximate surface area is 231 Å². The van der Waals surface area contributed by atoms with Gasteiger partial charge in [0.25, 0.3) is 11.8 Å². The van der Waals surface area contributed by atoms with E-state index in [0.29, 0.717) is 36.0 Å². The summed E-state index contributed by atoms with van der Waals surface area (Å²) in [5, 5.41) is 5.09. The van der Waals surface area contributed by atoms with Crippen molar-refractivity contribution in [3.8, 4) is 11.1 Å². The number of carbonyl (C=O) groups is 2. The van der Waals surface area contributed by atoms with E-state index < -0.39 is 0 Å². The van der Waals surface area contributed by atoms with E-state index >= 15 is 0 Å². The van der Waals surface area contributed by atoms with E-state index in [1.807, 2.05) is 101 Å². The molecule has 0 unspecified atom stereocenters. The fourth-order valence-corrected chi connectivity index (χ4v) is 6.03. The first-order valence-electron chi connectivity index (χ1n) is 13.3. The maximum atomic E-state index is 14.4. The van der Waals surface area contributed by atoms with Crippen molar-refractivity contribution >= 4 is 28.1 Å². The third-order valence-corrected chi connectivity index (χ3v) is 8.15. The summed E-state index contributed by atoms with van der Waals surface area (Å²) in [6.45, 7) is 2.71. The molecule has 0 saturated heterocycles. The number of fused-ring (bicyclic) bond motifs is 1. The van der Waals surface area contributed by atoms with E-state index in [4.69, 9.17) is 0 Å². The Morgan fingerprint density at radius 2 is 1.69 bits per heavy atom. The van der Waals surface area contributed by atoms with Gasteiger partial charge >= 0.3 is 0 Å². The molecule has 2 heterocycles. The van der Waals surface area contributed by atoms with Crippen molar-refractivity contribution in [3.05, 3.63) is 119 Å². The zero-order valence-corrected chi connectivity index (χ0v) is 22.6. The van der Waals surface area contributed by atoms with Crippen LogP contribution in [0.15, 0.2) is 96.5 Å². The summed E-state index contributed by atoms with van der Waals surface area (Å²) in [6.07, 6.45) is 3.96. The van der Waals surface area contributed by atoms with Gasteiger partial charge in [-0.15, -0.1) is 11.3 Å². The zero-order valence-electron chi connectivity index (χ0n) is 21.8. The molecule has 39 heavy (non-hydrogen) atoms. The molecule has 7 heteroatoms. The summed E-state index contributed by atoms with van der Waals surface area (Å²) in [5.74, 6) is 0.153. The molecule has 2 aromatic heterocycles. The minimum atomic E-state index is -0.166. The van der Waals surface area contributed by atoms with Gasteiger partial charge in [0.1, 0.15) is 5.69 Å². The van der Waals surface area contributed by atoms with Gasteiger partial charge < -0.3 is 10.2 Å². The average Bonchev–Trinajstić information content (AvgIpc) is 3.63. The summed E-state index contributed by atoms with van der Waals surface area (Å²) in [7, 11) is 0. The van der Waals surface area contributed by atoms with Crippen LogP contribution >= 0.6 is 11.3 Å². The van der Waals surface area contributed by atoms with Crippen LogP contribution in [0.4, 0.5) is 0 Å². The number of benzene rings is 3. The maximum Gasteiger partial charge on any atom is 0.270 e. The quantitative estimate of drug-likeness (QED) is 0.244. The first kappa shape index (κ1) is 25.1. The molecule has 5 aromatic rings. The second-order valence-corrected chi connectivity index (χ2v) is 10.9. The molecule has 1 N–H and O–H groups in total. The number of carbonyl (C=O) groups excluding carboxylic acids is 2. The number of imidazole rings is 1. The van der Waals surface area contributed by atoms with Crippen molar-refractivity contribution < 1.29 is 9.59 Å². The summed E-state index contributed by atoms with van der Waals surface area (Å²) in [6, 6.07) is 27.8. The van der Waals surface area contributed by atoms with E-state index in [1.165, 1.54) is 11.3 Å². The van der Waals surface area contributed by atoms with Gasteiger partial charge in [-0.3, -0.25) is 14.0 Å². The molecule has 6 nitrogen and oxygen atoms in total. The van der Waals surface area contributed by atoms with Gasteiger partial charge in [0.2, 0.25) is 0 Å². The molecular weight excluding hydrogens is 504 g/mol. The van der Waals surface area contributed by atoms with Crippen LogP contribution in [0.25, 0.3) is 16.1 Å². The number of nitrogens with one attached hydrogen (secondary N) is 1. The second-order valence-electron chi connectivity index (χ2n) is 10.0. The highest BCUT2D eigenvalue weighted by Crippen LogP contribution is 2.37. The van der Waals surface area contributed by atoms with E-state index in [1.54, 1.807) is 0 Å². The molecule has 196 valence electrons. The van der Waals surface area contributed by atoms with Crippen LogP contribution in [0.5, 0.6) is 0 Å². The summed E-state index contributed by atoms with van der Waals surface area (Å²) >= 11 is 1.51. The molecule has 0 aliphatic heterocycles. The van der Waals surface area contributed by atoms with Crippen molar-refractivity contribution in [1.82, 2.24) is 19.6 Å². The van der Waals surface area contributed by atoms with Crippen LogP contribution in [0.2, 0.25) is 0 Å². The highest BCUT2D eigenvalue weighted by Gasteiger charge is 2.38. The van der Waals surface area contributed by atoms with Gasteiger partial charge in [-0.2, -0.15) is 0 Å². The largest absolute Gasteiger partial charge is 0.349 e. The molecule has 0 spiro atoms. The number of thiazole rings is 1. The molecule has 1 fully saturated rings. The van der Waals surface area contributed by atoms with Crippen molar-refractivity contribution in [2.45, 2.75) is 32.4 Å². The van der Waals surface area contributed by atoms with Crippen LogP contribution < -0.4 is 5.32 Å². The minimum absolute atomic E-state index is 0.0230. The van der Waals surface area contributed by atoms with Crippen LogP contribution in [-0.2, 0) is 6.54 Å². The van der Waals surface area contributed by atoms with Gasteiger partial charge in [0.05, 0.1) is 11.7 Å². The predicted molar refractivity (Wildman–Crippen MR) is 155 cm³/mol. The van der Waals surface area contributed by atoms with E-state index in [2.05, 4.69) is 22.4 Å². The molecule has 1 atom stereocenters. The van der Waals surface area contributed by atoms with Crippen molar-refractivity contribution in [1.29, 1.82) is 0 Å². The van der Waals surface area contributed by atoms with Gasteiger partial charge in [-0.05, 0) is 48.4 Å².